The molecular formula is C35H36N2O4. The van der Waals surface area contributed by atoms with Crippen LogP contribution in [-0.2, 0) is 17.6 Å². The zero-order chi connectivity index (χ0) is 28.4. The van der Waals surface area contributed by atoms with Crippen molar-refractivity contribution in [2.24, 2.45) is 5.92 Å². The molecule has 0 amide bonds. The van der Waals surface area contributed by atoms with E-state index in [-0.39, 0.29) is 12.2 Å². The zero-order valence-electron chi connectivity index (χ0n) is 23.1. The molecule has 0 aromatic heterocycles. The Kier molecular flexibility index (Phi) is 9.32. The Balaban J connectivity index is 1.15. The number of ether oxygens (including phenoxy) is 1. The van der Waals surface area contributed by atoms with Crippen LogP contribution in [-0.4, -0.2) is 36.1 Å². The number of rotatable bonds is 14. The van der Waals surface area contributed by atoms with Crippen molar-refractivity contribution in [3.8, 4) is 5.75 Å². The summed E-state index contributed by atoms with van der Waals surface area (Å²) in [6.45, 7) is 1.21. The van der Waals surface area contributed by atoms with Gasteiger partial charge in [0.15, 0.2) is 5.78 Å². The number of aliphatic carboxylic acids is 1. The predicted octanol–water partition coefficient (Wildman–Crippen LogP) is 6.86. The SMILES string of the molecule is O=C(c1ccccc1)c1ccccc1NC(Cc1ccc(OCCNc2ccccc2CC2CCC2)cc1)C(=O)O. The van der Waals surface area contributed by atoms with E-state index >= 15 is 0 Å². The van der Waals surface area contributed by atoms with Gasteiger partial charge in [-0.25, -0.2) is 4.79 Å². The van der Waals surface area contributed by atoms with Crippen molar-refractivity contribution < 1.29 is 19.4 Å². The molecule has 1 aliphatic rings. The molecule has 0 bridgehead atoms. The maximum Gasteiger partial charge on any atom is 0.326 e. The highest BCUT2D eigenvalue weighted by atomic mass is 16.5. The topological polar surface area (TPSA) is 87.7 Å². The molecule has 41 heavy (non-hydrogen) atoms. The molecule has 1 saturated carbocycles. The van der Waals surface area contributed by atoms with Crippen LogP contribution in [0.2, 0.25) is 0 Å². The summed E-state index contributed by atoms with van der Waals surface area (Å²) in [5.74, 6) is 0.402. The Morgan fingerprint density at radius 1 is 0.829 bits per heavy atom. The first-order chi connectivity index (χ1) is 20.1. The summed E-state index contributed by atoms with van der Waals surface area (Å²) in [5.41, 5.74) is 4.89. The minimum Gasteiger partial charge on any atom is -0.492 e. The first kappa shape index (κ1) is 28.0. The summed E-state index contributed by atoms with van der Waals surface area (Å²) in [7, 11) is 0. The molecule has 4 aromatic carbocycles. The number of carboxylic acid groups (broad SMARTS) is 1. The second-order valence-electron chi connectivity index (χ2n) is 10.6. The van der Waals surface area contributed by atoms with E-state index in [1.165, 1.54) is 30.5 Å². The lowest BCUT2D eigenvalue weighted by Gasteiger charge is -2.26. The van der Waals surface area contributed by atoms with Crippen molar-refractivity contribution in [1.82, 2.24) is 0 Å². The third kappa shape index (κ3) is 7.54. The van der Waals surface area contributed by atoms with Crippen molar-refractivity contribution in [2.45, 2.75) is 38.1 Å². The molecule has 3 N–H and O–H groups in total. The number of ketones is 1. The van der Waals surface area contributed by atoms with Gasteiger partial charge in [0, 0.05) is 35.5 Å². The van der Waals surface area contributed by atoms with Crippen LogP contribution >= 0.6 is 0 Å². The van der Waals surface area contributed by atoms with E-state index in [0.29, 0.717) is 30.0 Å². The van der Waals surface area contributed by atoms with Crippen molar-refractivity contribution in [2.75, 3.05) is 23.8 Å². The van der Waals surface area contributed by atoms with E-state index in [0.717, 1.165) is 23.7 Å². The molecule has 0 saturated heterocycles. The molecule has 1 aliphatic carbocycles. The quantitative estimate of drug-likeness (QED) is 0.118. The van der Waals surface area contributed by atoms with Gasteiger partial charge in [-0.2, -0.15) is 0 Å². The van der Waals surface area contributed by atoms with Gasteiger partial charge >= 0.3 is 5.97 Å². The van der Waals surface area contributed by atoms with Gasteiger partial charge in [0.1, 0.15) is 18.4 Å². The highest BCUT2D eigenvalue weighted by Gasteiger charge is 2.22. The van der Waals surface area contributed by atoms with Crippen molar-refractivity contribution >= 4 is 23.1 Å². The number of carboxylic acids is 1. The minimum absolute atomic E-state index is 0.157. The number of carbonyl (C=O) groups excluding carboxylic acids is 1. The number of hydrogen-bond donors (Lipinski definition) is 3. The van der Waals surface area contributed by atoms with E-state index < -0.39 is 12.0 Å². The summed E-state index contributed by atoms with van der Waals surface area (Å²) in [5, 5.41) is 16.5. The number of hydrogen-bond acceptors (Lipinski definition) is 5. The van der Waals surface area contributed by atoms with Gasteiger partial charge in [0.2, 0.25) is 0 Å². The fourth-order valence-corrected chi connectivity index (χ4v) is 5.13. The van der Waals surface area contributed by atoms with Gasteiger partial charge in [0.05, 0.1) is 0 Å². The van der Waals surface area contributed by atoms with Crippen LogP contribution in [0.1, 0.15) is 46.3 Å². The molecule has 0 aliphatic heterocycles. The summed E-state index contributed by atoms with van der Waals surface area (Å²) in [4.78, 5) is 25.2. The maximum atomic E-state index is 13.1. The predicted molar refractivity (Wildman–Crippen MR) is 163 cm³/mol. The van der Waals surface area contributed by atoms with Crippen LogP contribution < -0.4 is 15.4 Å². The van der Waals surface area contributed by atoms with Crippen LogP contribution in [0.5, 0.6) is 5.75 Å². The highest BCUT2D eigenvalue weighted by Crippen LogP contribution is 2.32. The molecule has 0 spiro atoms. The molecule has 1 atom stereocenters. The van der Waals surface area contributed by atoms with Gasteiger partial charge in [-0.3, -0.25) is 4.79 Å². The van der Waals surface area contributed by atoms with Crippen molar-refractivity contribution in [3.63, 3.8) is 0 Å². The standard InChI is InChI=1S/C35H36N2O4/c38-34(27-11-2-1-3-12-27)30-14-5-7-16-32(30)37-33(35(39)40)24-26-17-19-29(20-18-26)41-22-21-36-31-15-6-4-13-28(31)23-25-9-8-10-25/h1-7,11-20,25,33,36-37H,8-10,21-24H2,(H,39,40). The number of carbonyl (C=O) groups is 2. The third-order valence-electron chi connectivity index (χ3n) is 7.64. The number of benzene rings is 4. The lowest BCUT2D eigenvalue weighted by Crippen LogP contribution is -2.32. The third-order valence-corrected chi connectivity index (χ3v) is 7.64. The van der Waals surface area contributed by atoms with Crippen LogP contribution in [0.15, 0.2) is 103 Å². The van der Waals surface area contributed by atoms with Gasteiger partial charge in [-0.05, 0) is 53.8 Å². The summed E-state index contributed by atoms with van der Waals surface area (Å²) < 4.78 is 5.94. The number of nitrogens with one attached hydrogen (secondary N) is 2. The summed E-state index contributed by atoms with van der Waals surface area (Å²) in [6, 6.07) is 31.1. The van der Waals surface area contributed by atoms with E-state index in [2.05, 4.69) is 34.9 Å². The molecule has 4 aromatic rings. The minimum atomic E-state index is -0.990. The molecule has 0 heterocycles. The number of para-hydroxylation sites is 2. The Morgan fingerprint density at radius 2 is 1.51 bits per heavy atom. The smallest absolute Gasteiger partial charge is 0.326 e. The fraction of sp³-hybridized carbons (Fsp3) is 0.257. The lowest BCUT2D eigenvalue weighted by molar-refractivity contribution is -0.137. The molecule has 5 rings (SSSR count). The van der Waals surface area contributed by atoms with Crippen LogP contribution in [0.4, 0.5) is 11.4 Å². The first-order valence-electron chi connectivity index (χ1n) is 14.3. The van der Waals surface area contributed by atoms with Gasteiger partial charge in [0.25, 0.3) is 0 Å². The molecule has 6 nitrogen and oxygen atoms in total. The molecule has 6 heteroatoms. The maximum absolute atomic E-state index is 13.1. The first-order valence-corrected chi connectivity index (χ1v) is 14.3. The Bertz CT molecular complexity index is 1450. The van der Waals surface area contributed by atoms with Gasteiger partial charge in [-0.15, -0.1) is 0 Å². The van der Waals surface area contributed by atoms with Crippen LogP contribution in [0, 0.1) is 5.92 Å². The summed E-state index contributed by atoms with van der Waals surface area (Å²) in [6.07, 6.45) is 5.40. The average molecular weight is 549 g/mol. The van der Waals surface area contributed by atoms with E-state index in [1.54, 1.807) is 36.4 Å². The lowest BCUT2D eigenvalue weighted by atomic mass is 9.80. The van der Waals surface area contributed by atoms with Crippen molar-refractivity contribution in [3.05, 3.63) is 125 Å². The largest absolute Gasteiger partial charge is 0.492 e. The molecule has 1 unspecified atom stereocenters. The Hall–Kier alpha value is -4.58. The summed E-state index contributed by atoms with van der Waals surface area (Å²) >= 11 is 0. The second kappa shape index (κ2) is 13.7. The van der Waals surface area contributed by atoms with E-state index in [4.69, 9.17) is 4.74 Å². The molecule has 0 radical (unpaired) electrons. The van der Waals surface area contributed by atoms with Crippen molar-refractivity contribution in [1.29, 1.82) is 0 Å². The highest BCUT2D eigenvalue weighted by molar-refractivity contribution is 6.12. The van der Waals surface area contributed by atoms with E-state index in [9.17, 15) is 14.7 Å². The van der Waals surface area contributed by atoms with Crippen LogP contribution in [0.25, 0.3) is 0 Å². The Morgan fingerprint density at radius 3 is 2.22 bits per heavy atom. The molecular weight excluding hydrogens is 512 g/mol. The second-order valence-corrected chi connectivity index (χ2v) is 10.6. The average Bonchev–Trinajstić information content (AvgIpc) is 2.98. The molecule has 1 fully saturated rings. The molecule has 210 valence electrons. The monoisotopic (exact) mass is 548 g/mol. The van der Waals surface area contributed by atoms with Gasteiger partial charge in [-0.1, -0.05) is 92.1 Å². The fourth-order valence-electron chi connectivity index (χ4n) is 5.13. The zero-order valence-corrected chi connectivity index (χ0v) is 23.1. The Labute approximate surface area is 241 Å². The van der Waals surface area contributed by atoms with Crippen LogP contribution in [0.3, 0.4) is 0 Å². The normalized spacial score (nSPS) is 13.6. The van der Waals surface area contributed by atoms with Gasteiger partial charge < -0.3 is 20.5 Å². The number of anilines is 2. The van der Waals surface area contributed by atoms with E-state index in [1.807, 2.05) is 42.5 Å².